The van der Waals surface area contributed by atoms with Gasteiger partial charge in [-0.15, -0.1) is 0 Å². The largest absolute Gasteiger partial charge is 0.349 e. The van der Waals surface area contributed by atoms with E-state index in [1.807, 2.05) is 25.1 Å². The average molecular weight is 338 g/mol. The number of imidazole rings is 1. The number of nitrogens with one attached hydrogen (secondary N) is 2. The van der Waals surface area contributed by atoms with Crippen LogP contribution in [0.15, 0.2) is 42.5 Å². The molecule has 0 saturated heterocycles. The highest BCUT2D eigenvalue weighted by Crippen LogP contribution is 2.16. The maximum absolute atomic E-state index is 12.0. The number of hydrogen-bond donors (Lipinski definition) is 2. The molecule has 0 bridgehead atoms. The van der Waals surface area contributed by atoms with Crippen molar-refractivity contribution in [2.45, 2.75) is 26.3 Å². The van der Waals surface area contributed by atoms with E-state index in [1.165, 1.54) is 12.1 Å². The third kappa shape index (κ3) is 4.00. The van der Waals surface area contributed by atoms with Crippen molar-refractivity contribution in [1.82, 2.24) is 15.3 Å². The fourth-order valence-corrected chi connectivity index (χ4v) is 2.66. The maximum atomic E-state index is 12.0. The van der Waals surface area contributed by atoms with Gasteiger partial charge in [-0.1, -0.05) is 24.3 Å². The fourth-order valence-electron chi connectivity index (χ4n) is 2.66. The number of nitro groups is 1. The average Bonchev–Trinajstić information content (AvgIpc) is 3.03. The van der Waals surface area contributed by atoms with Crippen molar-refractivity contribution in [3.8, 4) is 0 Å². The Hall–Kier alpha value is -3.22. The summed E-state index contributed by atoms with van der Waals surface area (Å²) in [5.41, 5.74) is 3.74. The summed E-state index contributed by atoms with van der Waals surface area (Å²) in [5, 5.41) is 13.6. The number of hydrogen-bond acceptors (Lipinski definition) is 4. The Balaban J connectivity index is 1.55. The van der Waals surface area contributed by atoms with E-state index in [0.29, 0.717) is 18.8 Å². The predicted molar refractivity (Wildman–Crippen MR) is 94.1 cm³/mol. The number of carbonyl (C=O) groups is 1. The first-order valence-electron chi connectivity index (χ1n) is 7.97. The van der Waals surface area contributed by atoms with Crippen molar-refractivity contribution in [1.29, 1.82) is 0 Å². The Morgan fingerprint density at radius 2 is 2.08 bits per heavy atom. The molecule has 0 aliphatic heterocycles. The van der Waals surface area contributed by atoms with E-state index in [9.17, 15) is 14.9 Å². The first-order chi connectivity index (χ1) is 12.0. The van der Waals surface area contributed by atoms with E-state index in [4.69, 9.17) is 0 Å². The number of benzene rings is 2. The SMILES string of the molecule is Cc1cccc2[nH]c(CNC(=O)CCc3cccc([N+](=O)[O-])c3)nc12. The van der Waals surface area contributed by atoms with Gasteiger partial charge in [0.25, 0.3) is 5.69 Å². The Morgan fingerprint density at radius 3 is 2.84 bits per heavy atom. The molecule has 0 aliphatic carbocycles. The summed E-state index contributed by atoms with van der Waals surface area (Å²) >= 11 is 0. The number of amides is 1. The number of aromatic nitrogens is 2. The second kappa shape index (κ2) is 7.12. The van der Waals surface area contributed by atoms with E-state index >= 15 is 0 Å². The number of rotatable bonds is 6. The molecule has 0 aliphatic rings. The van der Waals surface area contributed by atoms with Crippen molar-refractivity contribution < 1.29 is 9.72 Å². The van der Waals surface area contributed by atoms with Gasteiger partial charge in [-0.2, -0.15) is 0 Å². The van der Waals surface area contributed by atoms with Gasteiger partial charge in [0.1, 0.15) is 5.82 Å². The minimum Gasteiger partial charge on any atom is -0.349 e. The van der Waals surface area contributed by atoms with E-state index in [0.717, 1.165) is 22.2 Å². The molecule has 7 nitrogen and oxygen atoms in total. The van der Waals surface area contributed by atoms with Crippen LogP contribution in [0.1, 0.15) is 23.4 Å². The van der Waals surface area contributed by atoms with Crippen molar-refractivity contribution in [3.63, 3.8) is 0 Å². The number of carbonyl (C=O) groups excluding carboxylic acids is 1. The summed E-state index contributed by atoms with van der Waals surface area (Å²) in [6.45, 7) is 2.31. The van der Waals surface area contributed by atoms with E-state index < -0.39 is 4.92 Å². The molecule has 0 spiro atoms. The van der Waals surface area contributed by atoms with Crippen molar-refractivity contribution in [2.24, 2.45) is 0 Å². The number of para-hydroxylation sites is 1. The number of H-pyrrole nitrogens is 1. The molecular weight excluding hydrogens is 320 g/mol. The molecule has 1 aromatic heterocycles. The Morgan fingerprint density at radius 1 is 1.28 bits per heavy atom. The molecule has 128 valence electrons. The van der Waals surface area contributed by atoms with Crippen LogP contribution in [0.2, 0.25) is 0 Å². The Labute approximate surface area is 144 Å². The lowest BCUT2D eigenvalue weighted by atomic mass is 10.1. The number of nitrogens with zero attached hydrogens (tertiary/aromatic N) is 2. The molecule has 7 heteroatoms. The summed E-state index contributed by atoms with van der Waals surface area (Å²) in [6, 6.07) is 12.2. The van der Waals surface area contributed by atoms with Gasteiger partial charge in [-0.25, -0.2) is 4.98 Å². The van der Waals surface area contributed by atoms with Gasteiger partial charge in [-0.05, 0) is 30.5 Å². The highest BCUT2D eigenvalue weighted by Gasteiger charge is 2.09. The van der Waals surface area contributed by atoms with Crippen LogP contribution in [0.3, 0.4) is 0 Å². The minimum absolute atomic E-state index is 0.0375. The number of nitro benzene ring substituents is 1. The molecule has 1 amide bonds. The third-order valence-corrected chi connectivity index (χ3v) is 3.98. The van der Waals surface area contributed by atoms with Crippen LogP contribution in [-0.4, -0.2) is 20.8 Å². The number of fused-ring (bicyclic) bond motifs is 1. The topological polar surface area (TPSA) is 101 Å². The predicted octanol–water partition coefficient (Wildman–Crippen LogP) is 3.03. The quantitative estimate of drug-likeness (QED) is 0.533. The molecule has 0 radical (unpaired) electrons. The number of aryl methyl sites for hydroxylation is 2. The van der Waals surface area contributed by atoms with Gasteiger partial charge in [0.15, 0.2) is 0 Å². The van der Waals surface area contributed by atoms with Crippen molar-refractivity contribution in [2.75, 3.05) is 0 Å². The van der Waals surface area contributed by atoms with E-state index in [-0.39, 0.29) is 18.0 Å². The molecule has 3 aromatic rings. The van der Waals surface area contributed by atoms with Crippen LogP contribution in [0, 0.1) is 17.0 Å². The summed E-state index contributed by atoms with van der Waals surface area (Å²) in [5.74, 6) is 0.580. The molecule has 2 N–H and O–H groups in total. The summed E-state index contributed by atoms with van der Waals surface area (Å²) in [6.07, 6.45) is 0.715. The second-order valence-corrected chi connectivity index (χ2v) is 5.86. The van der Waals surface area contributed by atoms with E-state index in [2.05, 4.69) is 15.3 Å². The maximum Gasteiger partial charge on any atom is 0.269 e. The summed E-state index contributed by atoms with van der Waals surface area (Å²) in [4.78, 5) is 30.0. The lowest BCUT2D eigenvalue weighted by molar-refractivity contribution is -0.384. The molecule has 0 fully saturated rings. The molecule has 0 saturated carbocycles. The number of non-ortho nitro benzene ring substituents is 1. The highest BCUT2D eigenvalue weighted by molar-refractivity contribution is 5.79. The van der Waals surface area contributed by atoms with E-state index in [1.54, 1.807) is 12.1 Å². The minimum atomic E-state index is -0.437. The van der Waals surface area contributed by atoms with Gasteiger partial charge in [0, 0.05) is 18.6 Å². The Bertz CT molecular complexity index is 933. The second-order valence-electron chi connectivity index (χ2n) is 5.86. The Kier molecular flexibility index (Phi) is 4.74. The molecule has 3 rings (SSSR count). The van der Waals surface area contributed by atoms with Crippen LogP contribution < -0.4 is 5.32 Å². The smallest absolute Gasteiger partial charge is 0.269 e. The normalized spacial score (nSPS) is 10.8. The van der Waals surface area contributed by atoms with Crippen molar-refractivity contribution in [3.05, 3.63) is 69.5 Å². The van der Waals surface area contributed by atoms with Gasteiger partial charge in [0.2, 0.25) is 5.91 Å². The lowest BCUT2D eigenvalue weighted by Gasteiger charge is -2.04. The third-order valence-electron chi connectivity index (χ3n) is 3.98. The zero-order chi connectivity index (χ0) is 17.8. The molecule has 0 unspecified atom stereocenters. The summed E-state index contributed by atoms with van der Waals surface area (Å²) < 4.78 is 0. The zero-order valence-corrected chi connectivity index (χ0v) is 13.8. The monoisotopic (exact) mass is 338 g/mol. The fraction of sp³-hybridized carbons (Fsp3) is 0.222. The zero-order valence-electron chi connectivity index (χ0n) is 13.8. The van der Waals surface area contributed by atoms with Crippen LogP contribution >= 0.6 is 0 Å². The standard InChI is InChI=1S/C18H18N4O3/c1-12-4-2-7-15-18(12)21-16(20-15)11-19-17(23)9-8-13-5-3-6-14(10-13)22(24)25/h2-7,10H,8-9,11H2,1H3,(H,19,23)(H,20,21). The molecule has 1 heterocycles. The van der Waals surface area contributed by atoms with Gasteiger partial charge in [-0.3, -0.25) is 14.9 Å². The highest BCUT2D eigenvalue weighted by atomic mass is 16.6. The van der Waals surface area contributed by atoms with Gasteiger partial charge in [0.05, 0.1) is 22.5 Å². The molecule has 0 atom stereocenters. The van der Waals surface area contributed by atoms with Crippen LogP contribution in [0.25, 0.3) is 11.0 Å². The summed E-state index contributed by atoms with van der Waals surface area (Å²) in [7, 11) is 0. The first-order valence-corrected chi connectivity index (χ1v) is 7.97. The van der Waals surface area contributed by atoms with Crippen LogP contribution in [0.4, 0.5) is 5.69 Å². The van der Waals surface area contributed by atoms with Gasteiger partial charge >= 0.3 is 0 Å². The van der Waals surface area contributed by atoms with Crippen LogP contribution in [-0.2, 0) is 17.8 Å². The van der Waals surface area contributed by atoms with Gasteiger partial charge < -0.3 is 10.3 Å². The lowest BCUT2D eigenvalue weighted by Crippen LogP contribution is -2.23. The van der Waals surface area contributed by atoms with Crippen molar-refractivity contribution >= 4 is 22.6 Å². The molecule has 25 heavy (non-hydrogen) atoms. The number of aromatic amines is 1. The van der Waals surface area contributed by atoms with Crippen LogP contribution in [0.5, 0.6) is 0 Å². The molecular formula is C18H18N4O3. The molecule has 2 aromatic carbocycles. The first kappa shape index (κ1) is 16.6.